The summed E-state index contributed by atoms with van der Waals surface area (Å²) in [7, 11) is 0. The smallest absolute Gasteiger partial charge is 0.383 e. The third kappa shape index (κ3) is 2.60. The molecule has 0 saturated carbocycles. The van der Waals surface area contributed by atoms with Gasteiger partial charge >= 0.3 is 11.1 Å². The highest BCUT2D eigenvalue weighted by Gasteiger charge is 2.14. The molecule has 0 aromatic heterocycles. The van der Waals surface area contributed by atoms with Crippen molar-refractivity contribution in [2.45, 2.75) is 18.7 Å². The van der Waals surface area contributed by atoms with Crippen molar-refractivity contribution in [1.29, 1.82) is 0 Å². The van der Waals surface area contributed by atoms with E-state index in [9.17, 15) is 9.59 Å². The van der Waals surface area contributed by atoms with E-state index in [4.69, 9.17) is 5.11 Å². The summed E-state index contributed by atoms with van der Waals surface area (Å²) in [5.41, 5.74) is 1.92. The first kappa shape index (κ1) is 10.8. The van der Waals surface area contributed by atoms with Gasteiger partial charge in [0.05, 0.1) is 0 Å². The van der Waals surface area contributed by atoms with Gasteiger partial charge in [-0.1, -0.05) is 12.1 Å². The second-order valence-electron chi connectivity index (χ2n) is 2.96. The van der Waals surface area contributed by atoms with Crippen LogP contribution in [0.5, 0.6) is 0 Å². The van der Waals surface area contributed by atoms with Crippen LogP contribution in [-0.2, 0) is 9.59 Å². The molecule has 1 aromatic rings. The lowest BCUT2D eigenvalue weighted by molar-refractivity contribution is -0.144. The van der Waals surface area contributed by atoms with E-state index in [2.05, 4.69) is 0 Å². The number of hydrogen-bond donors (Lipinski definition) is 1. The summed E-state index contributed by atoms with van der Waals surface area (Å²) in [5.74, 6) is -1.41. The highest BCUT2D eigenvalue weighted by Crippen LogP contribution is 2.24. The molecule has 0 bridgehead atoms. The molecule has 0 spiro atoms. The minimum atomic E-state index is -1.41. The number of carboxylic acids is 1. The Hall–Kier alpha value is -1.29. The van der Waals surface area contributed by atoms with Gasteiger partial charge in [-0.2, -0.15) is 0 Å². The van der Waals surface area contributed by atoms with Gasteiger partial charge in [0.1, 0.15) is 0 Å². The number of rotatable bonds is 1. The highest BCUT2D eigenvalue weighted by atomic mass is 32.2. The average molecular weight is 210 g/mol. The van der Waals surface area contributed by atoms with E-state index in [-0.39, 0.29) is 0 Å². The molecule has 0 aliphatic rings. The van der Waals surface area contributed by atoms with Crippen LogP contribution in [0.25, 0.3) is 0 Å². The Labute approximate surface area is 86.1 Å². The zero-order valence-corrected chi connectivity index (χ0v) is 8.72. The highest BCUT2D eigenvalue weighted by molar-refractivity contribution is 8.15. The van der Waals surface area contributed by atoms with Gasteiger partial charge in [0.15, 0.2) is 0 Å². The van der Waals surface area contributed by atoms with Crippen LogP contribution in [0.2, 0.25) is 0 Å². The van der Waals surface area contributed by atoms with E-state index in [1.807, 2.05) is 26.0 Å². The molecule has 0 atom stereocenters. The Morgan fingerprint density at radius 2 is 1.93 bits per heavy atom. The van der Waals surface area contributed by atoms with Crippen molar-refractivity contribution >= 4 is 22.8 Å². The summed E-state index contributed by atoms with van der Waals surface area (Å²) < 4.78 is 0. The lowest BCUT2D eigenvalue weighted by Gasteiger charge is -2.03. The van der Waals surface area contributed by atoms with Crippen LogP contribution in [0.15, 0.2) is 23.1 Å². The number of aliphatic carboxylic acids is 1. The van der Waals surface area contributed by atoms with Crippen molar-refractivity contribution in [2.24, 2.45) is 0 Å². The van der Waals surface area contributed by atoms with Crippen molar-refractivity contribution in [2.75, 3.05) is 0 Å². The van der Waals surface area contributed by atoms with Crippen molar-refractivity contribution in [1.82, 2.24) is 0 Å². The standard InChI is InChI=1S/C10H10O3S/c1-6-3-4-7(2)8(5-6)14-10(13)9(11)12/h3-5H,1-2H3,(H,11,12). The Kier molecular flexibility index (Phi) is 3.30. The maximum Gasteiger partial charge on any atom is 0.383 e. The van der Waals surface area contributed by atoms with Crippen LogP contribution in [0.1, 0.15) is 11.1 Å². The monoisotopic (exact) mass is 210 g/mol. The number of carboxylic acid groups (broad SMARTS) is 1. The largest absolute Gasteiger partial charge is 0.475 e. The van der Waals surface area contributed by atoms with E-state index < -0.39 is 11.1 Å². The van der Waals surface area contributed by atoms with E-state index >= 15 is 0 Å². The summed E-state index contributed by atoms with van der Waals surface area (Å²) in [6, 6.07) is 5.60. The van der Waals surface area contributed by atoms with Crippen LogP contribution >= 0.6 is 11.8 Å². The van der Waals surface area contributed by atoms with Gasteiger partial charge in [-0.25, -0.2) is 4.79 Å². The van der Waals surface area contributed by atoms with Crippen molar-refractivity contribution in [3.63, 3.8) is 0 Å². The van der Waals surface area contributed by atoms with E-state index in [1.165, 1.54) is 0 Å². The van der Waals surface area contributed by atoms with Gasteiger partial charge in [0.2, 0.25) is 0 Å². The number of thioether (sulfide) groups is 1. The fourth-order valence-electron chi connectivity index (χ4n) is 0.961. The normalized spacial score (nSPS) is 9.86. The predicted octanol–water partition coefficient (Wildman–Crippen LogP) is 2.01. The molecular weight excluding hydrogens is 200 g/mol. The van der Waals surface area contributed by atoms with E-state index in [0.29, 0.717) is 4.90 Å². The third-order valence-electron chi connectivity index (χ3n) is 1.72. The van der Waals surface area contributed by atoms with Gasteiger partial charge in [-0.05, 0) is 42.8 Å². The van der Waals surface area contributed by atoms with Gasteiger partial charge in [-0.3, -0.25) is 4.79 Å². The molecule has 4 heteroatoms. The van der Waals surface area contributed by atoms with Crippen molar-refractivity contribution in [3.8, 4) is 0 Å². The molecule has 1 rings (SSSR count). The minimum absolute atomic E-state index is 0.706. The van der Waals surface area contributed by atoms with E-state index in [0.717, 1.165) is 22.9 Å². The van der Waals surface area contributed by atoms with Crippen molar-refractivity contribution < 1.29 is 14.7 Å². The molecule has 0 radical (unpaired) electrons. The molecular formula is C10H10O3S. The van der Waals surface area contributed by atoms with Crippen LogP contribution in [0, 0.1) is 13.8 Å². The minimum Gasteiger partial charge on any atom is -0.475 e. The first-order valence-corrected chi connectivity index (χ1v) is 4.84. The lowest BCUT2D eigenvalue weighted by atomic mass is 10.2. The first-order chi connectivity index (χ1) is 6.50. The second kappa shape index (κ2) is 4.28. The SMILES string of the molecule is Cc1ccc(C)c(SC(=O)C(=O)O)c1. The molecule has 3 nitrogen and oxygen atoms in total. The molecule has 0 aliphatic carbocycles. The fraction of sp³-hybridized carbons (Fsp3) is 0.200. The molecule has 1 aromatic carbocycles. The Morgan fingerprint density at radius 1 is 1.29 bits per heavy atom. The van der Waals surface area contributed by atoms with Crippen LogP contribution in [-0.4, -0.2) is 16.2 Å². The molecule has 0 aliphatic heterocycles. The number of carbonyl (C=O) groups is 2. The Balaban J connectivity index is 2.91. The number of hydrogen-bond acceptors (Lipinski definition) is 3. The van der Waals surface area contributed by atoms with Gasteiger partial charge in [0, 0.05) is 4.90 Å². The molecule has 0 fully saturated rings. The molecule has 74 valence electrons. The second-order valence-corrected chi connectivity index (χ2v) is 3.98. The molecule has 1 N–H and O–H groups in total. The molecule has 0 unspecified atom stereocenters. The molecule has 14 heavy (non-hydrogen) atoms. The Bertz CT molecular complexity index is 385. The number of carbonyl (C=O) groups excluding carboxylic acids is 1. The summed E-state index contributed by atoms with van der Waals surface area (Å²) in [4.78, 5) is 22.0. The molecule has 0 amide bonds. The van der Waals surface area contributed by atoms with Crippen LogP contribution in [0.3, 0.4) is 0 Å². The molecule has 0 heterocycles. The summed E-state index contributed by atoms with van der Waals surface area (Å²) in [6.45, 7) is 3.74. The van der Waals surface area contributed by atoms with Crippen molar-refractivity contribution in [3.05, 3.63) is 29.3 Å². The fourth-order valence-corrected chi connectivity index (χ4v) is 1.72. The first-order valence-electron chi connectivity index (χ1n) is 4.03. The summed E-state index contributed by atoms with van der Waals surface area (Å²) >= 11 is 0.754. The lowest BCUT2D eigenvalue weighted by Crippen LogP contribution is -2.07. The number of aryl methyl sites for hydroxylation is 2. The van der Waals surface area contributed by atoms with E-state index in [1.54, 1.807) is 6.07 Å². The molecule has 0 saturated heterocycles. The topological polar surface area (TPSA) is 54.4 Å². The maximum absolute atomic E-state index is 10.9. The summed E-state index contributed by atoms with van der Waals surface area (Å²) in [5, 5.41) is 7.58. The Morgan fingerprint density at radius 3 is 2.50 bits per heavy atom. The van der Waals surface area contributed by atoms with Crippen LogP contribution in [0.4, 0.5) is 0 Å². The van der Waals surface area contributed by atoms with Gasteiger partial charge < -0.3 is 5.11 Å². The maximum atomic E-state index is 10.9. The zero-order valence-electron chi connectivity index (χ0n) is 7.90. The predicted molar refractivity (Wildman–Crippen MR) is 54.4 cm³/mol. The summed E-state index contributed by atoms with van der Waals surface area (Å²) in [6.07, 6.45) is 0. The van der Waals surface area contributed by atoms with Gasteiger partial charge in [-0.15, -0.1) is 0 Å². The quantitative estimate of drug-likeness (QED) is 0.569. The number of benzene rings is 1. The van der Waals surface area contributed by atoms with Crippen LogP contribution < -0.4 is 0 Å². The zero-order chi connectivity index (χ0) is 10.7. The third-order valence-corrected chi connectivity index (χ3v) is 2.74. The average Bonchev–Trinajstić information content (AvgIpc) is 2.11. The van der Waals surface area contributed by atoms with Gasteiger partial charge in [0.25, 0.3) is 0 Å².